The molecule has 0 saturated carbocycles. The summed E-state index contributed by atoms with van der Waals surface area (Å²) in [5, 5.41) is 0. The fraction of sp³-hybridized carbons (Fsp3) is 0.429. The van der Waals surface area contributed by atoms with Crippen molar-refractivity contribution in [3.63, 3.8) is 0 Å². The van der Waals surface area contributed by atoms with Gasteiger partial charge in [0.2, 0.25) is 0 Å². The molecule has 0 aromatic heterocycles. The Labute approximate surface area is 50.6 Å². The summed E-state index contributed by atoms with van der Waals surface area (Å²) in [7, 11) is 0. The molecule has 1 unspecified atom stereocenters. The molecule has 1 atom stereocenters. The SMILES string of the molecule is C#CC(N)C/C=C\C. The normalized spacial score (nSPS) is 13.6. The average molecular weight is 109 g/mol. The van der Waals surface area contributed by atoms with E-state index in [-0.39, 0.29) is 6.04 Å². The van der Waals surface area contributed by atoms with Crippen molar-refractivity contribution in [3.05, 3.63) is 12.2 Å². The van der Waals surface area contributed by atoms with E-state index in [0.29, 0.717) is 0 Å². The zero-order chi connectivity index (χ0) is 6.41. The van der Waals surface area contributed by atoms with E-state index in [0.717, 1.165) is 6.42 Å². The minimum Gasteiger partial charge on any atom is -0.317 e. The number of hydrogen-bond acceptors (Lipinski definition) is 1. The Morgan fingerprint density at radius 3 is 2.88 bits per heavy atom. The smallest absolute Gasteiger partial charge is 0.0696 e. The molecule has 0 rings (SSSR count). The van der Waals surface area contributed by atoms with Crippen molar-refractivity contribution in [2.24, 2.45) is 5.73 Å². The van der Waals surface area contributed by atoms with Crippen molar-refractivity contribution in [2.75, 3.05) is 0 Å². The first-order chi connectivity index (χ1) is 3.81. The molecule has 0 aromatic rings. The van der Waals surface area contributed by atoms with Gasteiger partial charge in [-0.15, -0.1) is 6.42 Å². The molecule has 0 fully saturated rings. The molecule has 2 N–H and O–H groups in total. The molecule has 8 heavy (non-hydrogen) atoms. The maximum Gasteiger partial charge on any atom is 0.0696 e. The first-order valence-electron chi connectivity index (χ1n) is 2.64. The number of terminal acetylenes is 1. The average Bonchev–Trinajstić information content (AvgIpc) is 1.83. The Hall–Kier alpha value is -0.740. The van der Waals surface area contributed by atoms with E-state index >= 15 is 0 Å². The lowest BCUT2D eigenvalue weighted by Crippen LogP contribution is -2.15. The molecule has 0 saturated heterocycles. The molecule has 0 spiro atoms. The number of rotatable bonds is 2. The Bertz CT molecular complexity index is 108. The van der Waals surface area contributed by atoms with Gasteiger partial charge in [-0.1, -0.05) is 18.1 Å². The summed E-state index contributed by atoms with van der Waals surface area (Å²) in [6, 6.07) is -0.105. The molecule has 0 aliphatic heterocycles. The Morgan fingerprint density at radius 2 is 2.50 bits per heavy atom. The monoisotopic (exact) mass is 109 g/mol. The molecular formula is C7H11N. The third kappa shape index (κ3) is 3.45. The molecule has 0 aliphatic carbocycles. The van der Waals surface area contributed by atoms with E-state index in [1.807, 2.05) is 19.1 Å². The zero-order valence-electron chi connectivity index (χ0n) is 5.09. The van der Waals surface area contributed by atoms with Gasteiger partial charge in [-0.25, -0.2) is 0 Å². The van der Waals surface area contributed by atoms with Gasteiger partial charge >= 0.3 is 0 Å². The van der Waals surface area contributed by atoms with Crippen LogP contribution in [0.5, 0.6) is 0 Å². The molecule has 0 aliphatic rings. The predicted molar refractivity (Wildman–Crippen MR) is 36.2 cm³/mol. The summed E-state index contributed by atoms with van der Waals surface area (Å²) >= 11 is 0. The van der Waals surface area contributed by atoms with Crippen LogP contribution in [-0.2, 0) is 0 Å². The van der Waals surface area contributed by atoms with Gasteiger partial charge in [-0.3, -0.25) is 0 Å². The first kappa shape index (κ1) is 7.26. The van der Waals surface area contributed by atoms with Gasteiger partial charge in [-0.05, 0) is 13.3 Å². The summed E-state index contributed by atoms with van der Waals surface area (Å²) in [6.45, 7) is 1.95. The zero-order valence-corrected chi connectivity index (χ0v) is 5.09. The van der Waals surface area contributed by atoms with Crippen molar-refractivity contribution in [2.45, 2.75) is 19.4 Å². The van der Waals surface area contributed by atoms with Gasteiger partial charge < -0.3 is 5.73 Å². The van der Waals surface area contributed by atoms with Crippen LogP contribution >= 0.6 is 0 Å². The number of allylic oxidation sites excluding steroid dienone is 1. The maximum atomic E-state index is 5.37. The predicted octanol–water partition coefficient (Wildman–Crippen LogP) is 0.913. The van der Waals surface area contributed by atoms with Crippen LogP contribution < -0.4 is 5.73 Å². The Balaban J connectivity index is 3.28. The third-order valence-corrected chi connectivity index (χ3v) is 0.840. The summed E-state index contributed by atoms with van der Waals surface area (Å²) in [5.74, 6) is 2.43. The lowest BCUT2D eigenvalue weighted by molar-refractivity contribution is 0.861. The molecule has 0 amide bonds. The van der Waals surface area contributed by atoms with Crippen LogP contribution in [0.1, 0.15) is 13.3 Å². The highest BCUT2D eigenvalue weighted by Gasteiger charge is 1.88. The third-order valence-electron chi connectivity index (χ3n) is 0.840. The van der Waals surface area contributed by atoms with Crippen LogP contribution in [-0.4, -0.2) is 6.04 Å². The minimum atomic E-state index is -0.105. The molecule has 1 heteroatoms. The molecule has 0 heterocycles. The second kappa shape index (κ2) is 4.42. The lowest BCUT2D eigenvalue weighted by atomic mass is 10.2. The Kier molecular flexibility index (Phi) is 4.01. The second-order valence-electron chi connectivity index (χ2n) is 1.58. The second-order valence-corrected chi connectivity index (χ2v) is 1.58. The minimum absolute atomic E-state index is 0.105. The largest absolute Gasteiger partial charge is 0.317 e. The molecule has 0 aromatic carbocycles. The summed E-state index contributed by atoms with van der Waals surface area (Å²) in [5.41, 5.74) is 5.37. The van der Waals surface area contributed by atoms with Crippen LogP contribution in [0.3, 0.4) is 0 Å². The van der Waals surface area contributed by atoms with Gasteiger partial charge in [0.15, 0.2) is 0 Å². The van der Waals surface area contributed by atoms with E-state index in [9.17, 15) is 0 Å². The van der Waals surface area contributed by atoms with E-state index in [1.165, 1.54) is 0 Å². The molecule has 1 nitrogen and oxygen atoms in total. The molecular weight excluding hydrogens is 98.1 g/mol. The van der Waals surface area contributed by atoms with Gasteiger partial charge in [-0.2, -0.15) is 0 Å². The van der Waals surface area contributed by atoms with Crippen molar-refractivity contribution in [1.82, 2.24) is 0 Å². The van der Waals surface area contributed by atoms with Crippen LogP contribution in [0.2, 0.25) is 0 Å². The van der Waals surface area contributed by atoms with E-state index in [4.69, 9.17) is 12.2 Å². The van der Waals surface area contributed by atoms with E-state index in [2.05, 4.69) is 5.92 Å². The van der Waals surface area contributed by atoms with Crippen molar-refractivity contribution in [1.29, 1.82) is 0 Å². The highest BCUT2D eigenvalue weighted by atomic mass is 14.6. The first-order valence-corrected chi connectivity index (χ1v) is 2.64. The van der Waals surface area contributed by atoms with Crippen LogP contribution in [0.25, 0.3) is 0 Å². The highest BCUT2D eigenvalue weighted by molar-refractivity contribution is 5.00. The van der Waals surface area contributed by atoms with Crippen molar-refractivity contribution >= 4 is 0 Å². The van der Waals surface area contributed by atoms with Crippen molar-refractivity contribution < 1.29 is 0 Å². The van der Waals surface area contributed by atoms with E-state index < -0.39 is 0 Å². The van der Waals surface area contributed by atoms with Crippen molar-refractivity contribution in [3.8, 4) is 12.3 Å². The quantitative estimate of drug-likeness (QED) is 0.414. The van der Waals surface area contributed by atoms with Gasteiger partial charge in [0, 0.05) is 0 Å². The van der Waals surface area contributed by atoms with Gasteiger partial charge in [0.25, 0.3) is 0 Å². The molecule has 0 radical (unpaired) electrons. The molecule has 0 bridgehead atoms. The fourth-order valence-electron chi connectivity index (χ4n) is 0.351. The topological polar surface area (TPSA) is 26.0 Å². The van der Waals surface area contributed by atoms with E-state index in [1.54, 1.807) is 0 Å². The van der Waals surface area contributed by atoms with Gasteiger partial charge in [0.05, 0.1) is 6.04 Å². The lowest BCUT2D eigenvalue weighted by Gasteiger charge is -1.94. The standard InChI is InChI=1S/C7H11N/c1-3-5-6-7(8)4-2/h2-3,5,7H,6,8H2,1H3/b5-3-. The number of nitrogens with two attached hydrogens (primary N) is 1. The number of hydrogen-bond donors (Lipinski definition) is 1. The highest BCUT2D eigenvalue weighted by Crippen LogP contribution is 1.85. The van der Waals surface area contributed by atoms with Gasteiger partial charge in [0.1, 0.15) is 0 Å². The Morgan fingerprint density at radius 1 is 1.88 bits per heavy atom. The maximum absolute atomic E-state index is 5.37. The summed E-state index contributed by atoms with van der Waals surface area (Å²) < 4.78 is 0. The molecule has 44 valence electrons. The summed E-state index contributed by atoms with van der Waals surface area (Å²) in [6.07, 6.45) is 9.69. The fourth-order valence-corrected chi connectivity index (χ4v) is 0.351. The van der Waals surface area contributed by atoms with Crippen LogP contribution in [0.15, 0.2) is 12.2 Å². The summed E-state index contributed by atoms with van der Waals surface area (Å²) in [4.78, 5) is 0. The van der Waals surface area contributed by atoms with Crippen LogP contribution in [0, 0.1) is 12.3 Å². The van der Waals surface area contributed by atoms with Crippen LogP contribution in [0.4, 0.5) is 0 Å².